The van der Waals surface area contributed by atoms with E-state index in [1.54, 1.807) is 13.8 Å². The third-order valence-corrected chi connectivity index (χ3v) is 4.56. The van der Waals surface area contributed by atoms with E-state index in [9.17, 15) is 4.79 Å². The average Bonchev–Trinajstić information content (AvgIpc) is 2.50. The Balaban J connectivity index is 3.07. The van der Waals surface area contributed by atoms with E-state index in [2.05, 4.69) is 4.98 Å². The number of hydrogen-bond acceptors (Lipinski definition) is 2. The van der Waals surface area contributed by atoms with Gasteiger partial charge in [-0.2, -0.15) is 0 Å². The van der Waals surface area contributed by atoms with E-state index in [-0.39, 0.29) is 5.56 Å². The maximum Gasteiger partial charge on any atom is 0.261 e. The van der Waals surface area contributed by atoms with E-state index in [0.29, 0.717) is 44.7 Å². The predicted octanol–water partition coefficient (Wildman–Crippen LogP) is -1.99. The third-order valence-electron chi connectivity index (χ3n) is 4.56. The van der Waals surface area contributed by atoms with Gasteiger partial charge in [-0.3, -0.25) is 9.36 Å². The fraction of sp³-hybridized carbons (Fsp3) is 0.333. The summed E-state index contributed by atoms with van der Waals surface area (Å²) in [5.41, 5.74) is 4.96. The van der Waals surface area contributed by atoms with Gasteiger partial charge in [0.1, 0.15) is 13.7 Å². The van der Waals surface area contributed by atoms with Crippen molar-refractivity contribution in [1.29, 1.82) is 0 Å². The number of rotatable bonds is 3. The summed E-state index contributed by atoms with van der Waals surface area (Å²) in [5.74, 6) is 0.552. The molecular weight excluding hydrogens is 289 g/mol. The molecule has 0 aliphatic carbocycles. The molecule has 0 bridgehead atoms. The molecular formula is C15H15B6N2O. The molecule has 2 aromatic rings. The largest absolute Gasteiger partial charge is 0.269 e. The summed E-state index contributed by atoms with van der Waals surface area (Å²) in [6.45, 7) is 8.21. The van der Waals surface area contributed by atoms with Crippen molar-refractivity contribution in [2.45, 2.75) is 34.6 Å². The molecule has 2 rings (SSSR count). The van der Waals surface area contributed by atoms with Crippen molar-refractivity contribution >= 4 is 61.1 Å². The molecule has 0 saturated carbocycles. The van der Waals surface area contributed by atoms with Crippen molar-refractivity contribution < 1.29 is 0 Å². The van der Waals surface area contributed by atoms with E-state index in [4.69, 9.17) is 31.1 Å². The van der Waals surface area contributed by atoms with Gasteiger partial charge in [0.05, 0.1) is 13.7 Å². The van der Waals surface area contributed by atoms with Crippen LogP contribution in [0.2, 0.25) is 0 Å². The van der Waals surface area contributed by atoms with Crippen molar-refractivity contribution in [2.75, 3.05) is 0 Å². The summed E-state index contributed by atoms with van der Waals surface area (Å²) in [7, 11) is 25.4. The Labute approximate surface area is 149 Å². The second-order valence-corrected chi connectivity index (χ2v) is 6.04. The number of aromatic nitrogens is 2. The lowest BCUT2D eigenvalue weighted by atomic mass is 9.16. The molecule has 0 unspecified atom stereocenters. The molecule has 0 atom stereocenters. The topological polar surface area (TPSA) is 34.9 Å². The standard InChI is InChI=1S/C15H15B6N2O/c1-6-9(4)22-10(5)23(15(6)24)14-7(2)11(16)12(20-17)8(3)13(14)21(18)19/h1-5H3. The highest BCUT2D eigenvalue weighted by Crippen LogP contribution is 2.13. The molecule has 0 aliphatic rings. The first-order valence-corrected chi connectivity index (χ1v) is 7.69. The monoisotopic (exact) mass is 305 g/mol. The minimum absolute atomic E-state index is 0.159. The molecule has 0 spiro atoms. The molecule has 9 radical (unpaired) electrons. The van der Waals surface area contributed by atoms with Gasteiger partial charge in [0, 0.05) is 40.2 Å². The van der Waals surface area contributed by atoms with E-state index in [0.717, 1.165) is 5.56 Å². The highest BCUT2D eigenvalue weighted by Gasteiger charge is 2.22. The number of benzene rings is 1. The van der Waals surface area contributed by atoms with Crippen LogP contribution in [0.25, 0.3) is 5.69 Å². The number of nitrogens with zero attached hydrogens (tertiary/aromatic N) is 2. The summed E-state index contributed by atoms with van der Waals surface area (Å²) in [6.07, 6.45) is 0. The molecule has 9 heteroatoms. The van der Waals surface area contributed by atoms with Crippen LogP contribution < -0.4 is 21.9 Å². The molecule has 0 amide bonds. The van der Waals surface area contributed by atoms with E-state index >= 15 is 0 Å². The van der Waals surface area contributed by atoms with Crippen molar-refractivity contribution in [2.24, 2.45) is 0 Å². The fourth-order valence-corrected chi connectivity index (χ4v) is 3.08. The van der Waals surface area contributed by atoms with Crippen molar-refractivity contribution in [3.05, 3.63) is 38.6 Å². The summed E-state index contributed by atoms with van der Waals surface area (Å²) in [5, 5.41) is 0. The first-order chi connectivity index (χ1) is 11.1. The van der Waals surface area contributed by atoms with Crippen LogP contribution in [0.4, 0.5) is 0 Å². The smallest absolute Gasteiger partial charge is 0.261 e. The molecule has 1 aromatic carbocycles. The maximum atomic E-state index is 12.9. The summed E-state index contributed by atoms with van der Waals surface area (Å²) < 4.78 is 1.53. The molecule has 1 heterocycles. The Morgan fingerprint density at radius 3 is 2.12 bits per heavy atom. The highest BCUT2D eigenvalue weighted by atomic mass is 16.1. The second kappa shape index (κ2) is 6.78. The molecule has 0 fully saturated rings. The maximum absolute atomic E-state index is 12.9. The zero-order chi connectivity index (χ0) is 18.3. The zero-order valence-electron chi connectivity index (χ0n) is 14.8. The minimum atomic E-state index is -0.786. The summed E-state index contributed by atoms with van der Waals surface area (Å²) in [4.78, 5) is 17.3. The Kier molecular flexibility index (Phi) is 5.31. The van der Waals surface area contributed by atoms with E-state index < -0.39 is 6.49 Å². The summed E-state index contributed by atoms with van der Waals surface area (Å²) in [6, 6.07) is 0. The van der Waals surface area contributed by atoms with Crippen LogP contribution in [0.15, 0.2) is 4.79 Å². The minimum Gasteiger partial charge on any atom is -0.269 e. The first-order valence-electron chi connectivity index (χ1n) is 7.69. The van der Waals surface area contributed by atoms with Crippen molar-refractivity contribution in [1.82, 2.24) is 9.55 Å². The van der Waals surface area contributed by atoms with Crippen LogP contribution in [-0.2, 0) is 0 Å². The quantitative estimate of drug-likeness (QED) is 0.616. The Bertz CT molecular complexity index is 876. The lowest BCUT2D eigenvalue weighted by Gasteiger charge is -2.27. The van der Waals surface area contributed by atoms with Crippen LogP contribution in [0, 0.1) is 34.6 Å². The highest BCUT2D eigenvalue weighted by molar-refractivity contribution is 7.35. The summed E-state index contributed by atoms with van der Waals surface area (Å²) >= 11 is 0. The van der Waals surface area contributed by atoms with Gasteiger partial charge in [-0.15, -0.1) is 5.46 Å². The van der Waals surface area contributed by atoms with Gasteiger partial charge in [-0.05, 0) is 40.2 Å². The zero-order valence-corrected chi connectivity index (χ0v) is 14.8. The number of hydrogen-bond donors (Lipinski definition) is 0. The molecule has 1 aromatic heterocycles. The van der Waals surface area contributed by atoms with Gasteiger partial charge >= 0.3 is 0 Å². The molecule has 0 saturated heterocycles. The van der Waals surface area contributed by atoms with Gasteiger partial charge < -0.3 is 0 Å². The van der Waals surface area contributed by atoms with Gasteiger partial charge in [0.2, 0.25) is 0 Å². The first kappa shape index (κ1) is 18.8. The predicted molar refractivity (Wildman–Crippen MR) is 107 cm³/mol. The van der Waals surface area contributed by atoms with Crippen LogP contribution in [0.1, 0.15) is 28.2 Å². The Morgan fingerprint density at radius 1 is 1.04 bits per heavy atom. The van der Waals surface area contributed by atoms with Gasteiger partial charge in [-0.25, -0.2) is 4.98 Å². The van der Waals surface area contributed by atoms with E-state index in [1.807, 2.05) is 20.8 Å². The van der Waals surface area contributed by atoms with Crippen molar-refractivity contribution in [3.8, 4) is 5.69 Å². The lowest BCUT2D eigenvalue weighted by Crippen LogP contribution is -2.49. The molecule has 0 aliphatic heterocycles. The number of aryl methyl sites for hydroxylation is 2. The van der Waals surface area contributed by atoms with Gasteiger partial charge in [-0.1, -0.05) is 16.5 Å². The van der Waals surface area contributed by atoms with Gasteiger partial charge in [0.25, 0.3) is 5.56 Å². The van der Waals surface area contributed by atoms with Crippen LogP contribution in [0.3, 0.4) is 0 Å². The normalized spacial score (nSPS) is 10.7. The third kappa shape index (κ3) is 2.82. The molecule has 24 heavy (non-hydrogen) atoms. The average molecular weight is 304 g/mol. The molecule has 0 N–H and O–H groups in total. The molecule has 109 valence electrons. The Hall–Kier alpha value is -1.51. The fourth-order valence-electron chi connectivity index (χ4n) is 3.08. The lowest BCUT2D eigenvalue weighted by molar-refractivity contribution is 0.835. The van der Waals surface area contributed by atoms with Gasteiger partial charge in [0.15, 0.2) is 0 Å². The van der Waals surface area contributed by atoms with Crippen molar-refractivity contribution in [3.63, 3.8) is 0 Å². The van der Waals surface area contributed by atoms with Crippen LogP contribution >= 0.6 is 0 Å². The molecule has 3 nitrogen and oxygen atoms in total. The SMILES string of the molecule is [B][B]c1c([B])c(C)c(-n2c(C)nc(C)c(C)c2=O)c(B([B])[B])c1C. The van der Waals surface area contributed by atoms with E-state index in [1.165, 1.54) is 11.7 Å². The Morgan fingerprint density at radius 2 is 1.62 bits per heavy atom. The van der Waals surface area contributed by atoms with Crippen LogP contribution in [-0.4, -0.2) is 54.3 Å². The second-order valence-electron chi connectivity index (χ2n) is 6.04. The van der Waals surface area contributed by atoms with Crippen LogP contribution in [0.5, 0.6) is 0 Å².